The molecule has 2 aromatic heterocycles. The van der Waals surface area contributed by atoms with E-state index < -0.39 is 0 Å². The Bertz CT molecular complexity index is 548. The van der Waals surface area contributed by atoms with Gasteiger partial charge in [-0.1, -0.05) is 11.3 Å². The maximum atomic E-state index is 10.6. The van der Waals surface area contributed by atoms with E-state index in [1.165, 1.54) is 21.1 Å². The standard InChI is InChI=1S/C12H14N2O2S2/c1-8-3-5-11(17-8)9(2)13-7-10-4-6-12(18-10)14(15)16/h3-6,9,13H,7H2,1-2H3. The Morgan fingerprint density at radius 1 is 1.33 bits per heavy atom. The lowest BCUT2D eigenvalue weighted by Crippen LogP contribution is -2.16. The van der Waals surface area contributed by atoms with Crippen LogP contribution in [0.1, 0.15) is 27.6 Å². The lowest BCUT2D eigenvalue weighted by Gasteiger charge is -2.10. The molecule has 1 atom stereocenters. The van der Waals surface area contributed by atoms with Gasteiger partial charge in [-0.3, -0.25) is 10.1 Å². The van der Waals surface area contributed by atoms with Crippen molar-refractivity contribution in [3.63, 3.8) is 0 Å². The van der Waals surface area contributed by atoms with Crippen LogP contribution in [0.5, 0.6) is 0 Å². The summed E-state index contributed by atoms with van der Waals surface area (Å²) in [6.45, 7) is 4.85. The molecule has 2 aromatic rings. The summed E-state index contributed by atoms with van der Waals surface area (Å²) in [6, 6.07) is 7.86. The zero-order valence-corrected chi connectivity index (χ0v) is 11.8. The van der Waals surface area contributed by atoms with Crippen molar-refractivity contribution < 1.29 is 4.92 Å². The second-order valence-corrected chi connectivity index (χ2v) is 6.51. The smallest absolute Gasteiger partial charge is 0.305 e. The van der Waals surface area contributed by atoms with E-state index in [2.05, 4.69) is 31.3 Å². The molecule has 4 nitrogen and oxygen atoms in total. The van der Waals surface area contributed by atoms with Crippen molar-refractivity contribution in [3.8, 4) is 0 Å². The fraction of sp³-hybridized carbons (Fsp3) is 0.333. The Morgan fingerprint density at radius 3 is 2.67 bits per heavy atom. The third-order valence-electron chi connectivity index (χ3n) is 2.60. The van der Waals surface area contributed by atoms with Gasteiger partial charge >= 0.3 is 5.00 Å². The molecular formula is C12H14N2O2S2. The Kier molecular flexibility index (Phi) is 4.11. The van der Waals surface area contributed by atoms with Crippen molar-refractivity contribution in [2.75, 3.05) is 0 Å². The third-order valence-corrected chi connectivity index (χ3v) is 4.82. The van der Waals surface area contributed by atoms with Gasteiger partial charge in [0.05, 0.1) is 4.92 Å². The Morgan fingerprint density at radius 2 is 2.11 bits per heavy atom. The number of thiophene rings is 2. The topological polar surface area (TPSA) is 55.2 Å². The van der Waals surface area contributed by atoms with Crippen LogP contribution in [0.3, 0.4) is 0 Å². The van der Waals surface area contributed by atoms with E-state index in [-0.39, 0.29) is 16.0 Å². The second-order valence-electron chi connectivity index (χ2n) is 4.05. The van der Waals surface area contributed by atoms with Gasteiger partial charge in [0.25, 0.3) is 0 Å². The summed E-state index contributed by atoms with van der Waals surface area (Å²) >= 11 is 3.00. The highest BCUT2D eigenvalue weighted by Gasteiger charge is 2.11. The van der Waals surface area contributed by atoms with Gasteiger partial charge in [-0.05, 0) is 32.0 Å². The molecule has 0 amide bonds. The van der Waals surface area contributed by atoms with Crippen molar-refractivity contribution >= 4 is 27.7 Å². The highest BCUT2D eigenvalue weighted by Crippen LogP contribution is 2.26. The van der Waals surface area contributed by atoms with Gasteiger partial charge in [-0.25, -0.2) is 0 Å². The predicted octanol–water partition coefficient (Wildman–Crippen LogP) is 3.88. The van der Waals surface area contributed by atoms with Crippen LogP contribution in [0.25, 0.3) is 0 Å². The van der Waals surface area contributed by atoms with Gasteiger partial charge in [0.15, 0.2) is 0 Å². The monoisotopic (exact) mass is 282 g/mol. The minimum Gasteiger partial charge on any atom is -0.305 e. The maximum absolute atomic E-state index is 10.6. The molecule has 2 heterocycles. The lowest BCUT2D eigenvalue weighted by atomic mass is 10.2. The molecule has 0 bridgehead atoms. The molecule has 96 valence electrons. The SMILES string of the molecule is Cc1ccc(C(C)NCc2ccc([N+](=O)[O-])s2)s1. The van der Waals surface area contributed by atoms with Crippen molar-refractivity contribution in [3.05, 3.63) is 49.0 Å². The molecule has 0 spiro atoms. The third kappa shape index (κ3) is 3.16. The van der Waals surface area contributed by atoms with Crippen LogP contribution in [0.4, 0.5) is 5.00 Å². The average molecular weight is 282 g/mol. The summed E-state index contributed by atoms with van der Waals surface area (Å²) in [4.78, 5) is 13.8. The van der Waals surface area contributed by atoms with Gasteiger partial charge in [0, 0.05) is 33.3 Å². The zero-order chi connectivity index (χ0) is 13.1. The molecule has 0 aliphatic carbocycles. The quantitative estimate of drug-likeness (QED) is 0.669. The van der Waals surface area contributed by atoms with Crippen LogP contribution in [0, 0.1) is 17.0 Å². The number of nitrogens with zero attached hydrogens (tertiary/aromatic N) is 1. The summed E-state index contributed by atoms with van der Waals surface area (Å²) in [6.07, 6.45) is 0. The molecule has 0 aromatic carbocycles. The molecule has 0 fully saturated rings. The Hall–Kier alpha value is -1.24. The summed E-state index contributed by atoms with van der Waals surface area (Å²) < 4.78 is 0. The summed E-state index contributed by atoms with van der Waals surface area (Å²) in [5.41, 5.74) is 0. The van der Waals surface area contributed by atoms with E-state index in [9.17, 15) is 10.1 Å². The highest BCUT2D eigenvalue weighted by atomic mass is 32.1. The molecule has 1 N–H and O–H groups in total. The van der Waals surface area contributed by atoms with Crippen molar-refractivity contribution in [1.82, 2.24) is 5.32 Å². The fourth-order valence-electron chi connectivity index (χ4n) is 1.60. The van der Waals surface area contributed by atoms with Crippen LogP contribution in [-0.4, -0.2) is 4.92 Å². The van der Waals surface area contributed by atoms with E-state index in [1.807, 2.05) is 6.07 Å². The molecule has 6 heteroatoms. The van der Waals surface area contributed by atoms with Crippen molar-refractivity contribution in [1.29, 1.82) is 0 Å². The van der Waals surface area contributed by atoms with Gasteiger partial charge in [0.2, 0.25) is 0 Å². The van der Waals surface area contributed by atoms with Gasteiger partial charge < -0.3 is 5.32 Å². The first kappa shape index (κ1) is 13.2. The fourth-order valence-corrected chi connectivity index (χ4v) is 3.28. The van der Waals surface area contributed by atoms with E-state index in [0.29, 0.717) is 6.54 Å². The van der Waals surface area contributed by atoms with Crippen LogP contribution < -0.4 is 5.32 Å². The Labute approximate surface area is 113 Å². The molecule has 0 saturated carbocycles. The van der Waals surface area contributed by atoms with Crippen LogP contribution in [0.15, 0.2) is 24.3 Å². The van der Waals surface area contributed by atoms with Crippen molar-refractivity contribution in [2.45, 2.75) is 26.4 Å². The van der Waals surface area contributed by atoms with Crippen molar-refractivity contribution in [2.24, 2.45) is 0 Å². The van der Waals surface area contributed by atoms with E-state index in [0.717, 1.165) is 4.88 Å². The molecule has 18 heavy (non-hydrogen) atoms. The molecular weight excluding hydrogens is 268 g/mol. The van der Waals surface area contributed by atoms with E-state index in [4.69, 9.17) is 0 Å². The summed E-state index contributed by atoms with van der Waals surface area (Å²) in [7, 11) is 0. The zero-order valence-electron chi connectivity index (χ0n) is 10.2. The minimum atomic E-state index is -0.347. The molecule has 1 unspecified atom stereocenters. The molecule has 0 aliphatic rings. The first-order valence-corrected chi connectivity index (χ1v) is 7.22. The number of nitrogens with one attached hydrogen (secondary N) is 1. The van der Waals surface area contributed by atoms with Crippen LogP contribution >= 0.6 is 22.7 Å². The Balaban J connectivity index is 1.92. The molecule has 0 aliphatic heterocycles. The number of rotatable bonds is 5. The van der Waals surface area contributed by atoms with E-state index >= 15 is 0 Å². The highest BCUT2D eigenvalue weighted by molar-refractivity contribution is 7.15. The van der Waals surface area contributed by atoms with Crippen LogP contribution in [0.2, 0.25) is 0 Å². The first-order chi connectivity index (χ1) is 8.56. The summed E-state index contributed by atoms with van der Waals surface area (Å²) in [5.74, 6) is 0. The first-order valence-electron chi connectivity index (χ1n) is 5.59. The largest absolute Gasteiger partial charge is 0.324 e. The average Bonchev–Trinajstić information content (AvgIpc) is 2.94. The number of aryl methyl sites for hydroxylation is 1. The van der Waals surface area contributed by atoms with Gasteiger partial charge in [0.1, 0.15) is 0 Å². The second kappa shape index (κ2) is 5.60. The predicted molar refractivity (Wildman–Crippen MR) is 75.3 cm³/mol. The maximum Gasteiger partial charge on any atom is 0.324 e. The number of nitro groups is 1. The molecule has 2 rings (SSSR count). The minimum absolute atomic E-state index is 0.200. The normalized spacial score (nSPS) is 12.6. The van der Waals surface area contributed by atoms with E-state index in [1.54, 1.807) is 17.4 Å². The lowest BCUT2D eigenvalue weighted by molar-refractivity contribution is -0.380. The van der Waals surface area contributed by atoms with Gasteiger partial charge in [-0.2, -0.15) is 0 Å². The van der Waals surface area contributed by atoms with Crippen LogP contribution in [-0.2, 0) is 6.54 Å². The molecule has 0 radical (unpaired) electrons. The summed E-state index contributed by atoms with van der Waals surface area (Å²) in [5, 5.41) is 14.2. The number of hydrogen-bond acceptors (Lipinski definition) is 5. The van der Waals surface area contributed by atoms with Gasteiger partial charge in [-0.15, -0.1) is 11.3 Å². The molecule has 0 saturated heterocycles. The number of hydrogen-bond donors (Lipinski definition) is 1.